The van der Waals surface area contributed by atoms with Crippen LogP contribution >= 0.6 is 0 Å². The highest BCUT2D eigenvalue weighted by Gasteiger charge is 1.98. The van der Waals surface area contributed by atoms with Crippen LogP contribution in [0.5, 0.6) is 0 Å². The molecule has 0 fully saturated rings. The first-order valence-corrected chi connectivity index (χ1v) is 5.00. The van der Waals surface area contributed by atoms with Crippen LogP contribution in [0.25, 0.3) is 0 Å². The Morgan fingerprint density at radius 1 is 1.44 bits per heavy atom. The molecule has 16 heavy (non-hydrogen) atoms. The van der Waals surface area contributed by atoms with Gasteiger partial charge in [0.15, 0.2) is 0 Å². The lowest BCUT2D eigenvalue weighted by molar-refractivity contribution is 0.767. The second-order valence-electron chi connectivity index (χ2n) is 3.39. The minimum Gasteiger partial charge on any atom is -0.366 e. The van der Waals surface area contributed by atoms with E-state index in [9.17, 15) is 0 Å². The lowest BCUT2D eigenvalue weighted by Gasteiger charge is -2.04. The molecular weight excluding hydrogens is 204 g/mol. The summed E-state index contributed by atoms with van der Waals surface area (Å²) < 4.78 is 1.77. The van der Waals surface area contributed by atoms with Crippen LogP contribution in [0.15, 0.2) is 24.7 Å². The summed E-state index contributed by atoms with van der Waals surface area (Å²) in [6, 6.07) is 1.83. The molecule has 6 nitrogen and oxygen atoms in total. The molecule has 6 heteroatoms. The van der Waals surface area contributed by atoms with Crippen molar-refractivity contribution in [3.63, 3.8) is 0 Å². The van der Waals surface area contributed by atoms with Crippen molar-refractivity contribution < 1.29 is 0 Å². The Bertz CT molecular complexity index is 464. The fourth-order valence-corrected chi connectivity index (χ4v) is 1.33. The van der Waals surface area contributed by atoms with E-state index in [-0.39, 0.29) is 0 Å². The molecule has 84 valence electrons. The Kier molecular flexibility index (Phi) is 3.00. The zero-order valence-corrected chi connectivity index (χ0v) is 9.31. The molecule has 0 bridgehead atoms. The SMILES string of the molecule is CNc1nccc(NCc2cnn(C)c2)n1. The fourth-order valence-electron chi connectivity index (χ4n) is 1.33. The summed E-state index contributed by atoms with van der Waals surface area (Å²) in [5.74, 6) is 1.40. The van der Waals surface area contributed by atoms with Crippen LogP contribution in [0.4, 0.5) is 11.8 Å². The van der Waals surface area contributed by atoms with Crippen molar-refractivity contribution in [3.8, 4) is 0 Å². The molecule has 2 rings (SSSR count). The van der Waals surface area contributed by atoms with Crippen molar-refractivity contribution in [2.24, 2.45) is 7.05 Å². The van der Waals surface area contributed by atoms with Gasteiger partial charge in [-0.1, -0.05) is 0 Å². The van der Waals surface area contributed by atoms with Gasteiger partial charge in [0.05, 0.1) is 6.20 Å². The number of aryl methyl sites for hydroxylation is 1. The maximum absolute atomic E-state index is 4.25. The Hall–Kier alpha value is -2.11. The highest BCUT2D eigenvalue weighted by atomic mass is 15.2. The van der Waals surface area contributed by atoms with Crippen molar-refractivity contribution in [2.75, 3.05) is 17.7 Å². The number of anilines is 2. The summed E-state index contributed by atoms with van der Waals surface area (Å²) in [6.45, 7) is 0.702. The van der Waals surface area contributed by atoms with Crippen molar-refractivity contribution in [1.29, 1.82) is 0 Å². The van der Waals surface area contributed by atoms with Crippen LogP contribution in [0.1, 0.15) is 5.56 Å². The molecule has 0 saturated heterocycles. The summed E-state index contributed by atoms with van der Waals surface area (Å²) in [7, 11) is 3.69. The van der Waals surface area contributed by atoms with Crippen LogP contribution in [-0.4, -0.2) is 26.8 Å². The molecule has 2 aromatic heterocycles. The predicted octanol–water partition coefficient (Wildman–Crippen LogP) is 0.864. The largest absolute Gasteiger partial charge is 0.366 e. The van der Waals surface area contributed by atoms with Gasteiger partial charge in [0.25, 0.3) is 0 Å². The summed E-state index contributed by atoms with van der Waals surface area (Å²) in [5.41, 5.74) is 1.12. The Morgan fingerprint density at radius 2 is 2.31 bits per heavy atom. The summed E-state index contributed by atoms with van der Waals surface area (Å²) >= 11 is 0. The zero-order chi connectivity index (χ0) is 11.4. The third-order valence-electron chi connectivity index (χ3n) is 2.11. The number of hydrogen-bond acceptors (Lipinski definition) is 5. The summed E-state index contributed by atoms with van der Waals surface area (Å²) in [4.78, 5) is 8.29. The van der Waals surface area contributed by atoms with Gasteiger partial charge in [0.2, 0.25) is 5.95 Å². The van der Waals surface area contributed by atoms with E-state index in [1.54, 1.807) is 17.9 Å². The molecule has 2 heterocycles. The molecule has 2 N–H and O–H groups in total. The van der Waals surface area contributed by atoms with E-state index in [4.69, 9.17) is 0 Å². The van der Waals surface area contributed by atoms with Crippen molar-refractivity contribution in [2.45, 2.75) is 6.54 Å². The van der Waals surface area contributed by atoms with Gasteiger partial charge in [-0.15, -0.1) is 0 Å². The molecule has 0 radical (unpaired) electrons. The third kappa shape index (κ3) is 2.47. The number of nitrogens with zero attached hydrogens (tertiary/aromatic N) is 4. The molecule has 0 aliphatic heterocycles. The summed E-state index contributed by atoms with van der Waals surface area (Å²) in [5, 5.41) is 10.2. The number of nitrogens with one attached hydrogen (secondary N) is 2. The average Bonchev–Trinajstić information content (AvgIpc) is 2.73. The van der Waals surface area contributed by atoms with E-state index < -0.39 is 0 Å². The molecule has 0 unspecified atom stereocenters. The second-order valence-corrected chi connectivity index (χ2v) is 3.39. The fraction of sp³-hybridized carbons (Fsp3) is 0.300. The summed E-state index contributed by atoms with van der Waals surface area (Å²) in [6.07, 6.45) is 5.50. The first-order chi connectivity index (χ1) is 7.78. The van der Waals surface area contributed by atoms with E-state index in [0.29, 0.717) is 12.5 Å². The molecule has 0 saturated carbocycles. The minimum atomic E-state index is 0.608. The number of rotatable bonds is 4. The van der Waals surface area contributed by atoms with Gasteiger partial charge in [-0.2, -0.15) is 10.1 Å². The van der Waals surface area contributed by atoms with Gasteiger partial charge in [-0.25, -0.2) is 4.98 Å². The van der Waals surface area contributed by atoms with Crippen LogP contribution in [0.2, 0.25) is 0 Å². The standard InChI is InChI=1S/C10H14N6/c1-11-10-12-4-3-9(15-10)13-5-8-6-14-16(2)7-8/h3-4,6-7H,5H2,1-2H3,(H2,11,12,13,15). The monoisotopic (exact) mass is 218 g/mol. The van der Waals surface area contributed by atoms with Gasteiger partial charge in [-0.05, 0) is 6.07 Å². The molecule has 0 spiro atoms. The molecule has 0 aromatic carbocycles. The Labute approximate surface area is 93.7 Å². The van der Waals surface area contributed by atoms with Crippen LogP contribution in [0.3, 0.4) is 0 Å². The minimum absolute atomic E-state index is 0.608. The van der Waals surface area contributed by atoms with E-state index in [0.717, 1.165) is 11.4 Å². The van der Waals surface area contributed by atoms with Crippen molar-refractivity contribution >= 4 is 11.8 Å². The van der Waals surface area contributed by atoms with Gasteiger partial charge >= 0.3 is 0 Å². The highest BCUT2D eigenvalue weighted by molar-refractivity contribution is 5.39. The lowest BCUT2D eigenvalue weighted by Crippen LogP contribution is -2.03. The quantitative estimate of drug-likeness (QED) is 0.796. The molecule has 0 atom stereocenters. The van der Waals surface area contributed by atoms with Crippen molar-refractivity contribution in [3.05, 3.63) is 30.2 Å². The Morgan fingerprint density at radius 3 is 3.00 bits per heavy atom. The van der Waals surface area contributed by atoms with E-state index in [1.807, 2.05) is 25.5 Å². The molecular formula is C10H14N6. The third-order valence-corrected chi connectivity index (χ3v) is 2.11. The normalized spacial score (nSPS) is 10.1. The molecule has 0 amide bonds. The van der Waals surface area contributed by atoms with Crippen LogP contribution in [0, 0.1) is 0 Å². The maximum Gasteiger partial charge on any atom is 0.224 e. The van der Waals surface area contributed by atoms with Crippen molar-refractivity contribution in [1.82, 2.24) is 19.7 Å². The second kappa shape index (κ2) is 4.61. The van der Waals surface area contributed by atoms with E-state index in [2.05, 4.69) is 25.7 Å². The average molecular weight is 218 g/mol. The van der Waals surface area contributed by atoms with E-state index >= 15 is 0 Å². The van der Waals surface area contributed by atoms with Gasteiger partial charge < -0.3 is 10.6 Å². The lowest BCUT2D eigenvalue weighted by atomic mass is 10.3. The number of aromatic nitrogens is 4. The van der Waals surface area contributed by atoms with Crippen LogP contribution in [-0.2, 0) is 13.6 Å². The first kappa shape index (κ1) is 10.4. The topological polar surface area (TPSA) is 67.7 Å². The van der Waals surface area contributed by atoms with Gasteiger partial charge in [0, 0.05) is 38.6 Å². The number of hydrogen-bond donors (Lipinski definition) is 2. The van der Waals surface area contributed by atoms with Gasteiger partial charge in [0.1, 0.15) is 5.82 Å². The molecule has 2 aromatic rings. The van der Waals surface area contributed by atoms with Crippen LogP contribution < -0.4 is 10.6 Å². The molecule has 0 aliphatic rings. The van der Waals surface area contributed by atoms with E-state index in [1.165, 1.54) is 0 Å². The first-order valence-electron chi connectivity index (χ1n) is 5.00. The predicted molar refractivity (Wildman–Crippen MR) is 62.1 cm³/mol. The highest BCUT2D eigenvalue weighted by Crippen LogP contribution is 2.07. The Balaban J connectivity index is 1.99. The molecule has 0 aliphatic carbocycles. The maximum atomic E-state index is 4.25. The van der Waals surface area contributed by atoms with Gasteiger partial charge in [-0.3, -0.25) is 4.68 Å². The zero-order valence-electron chi connectivity index (χ0n) is 9.31. The smallest absolute Gasteiger partial charge is 0.224 e.